The normalized spacial score (nSPS) is 25.3. The third kappa shape index (κ3) is 3.16. The third-order valence-corrected chi connectivity index (χ3v) is 7.32. The molecule has 1 aliphatic carbocycles. The van der Waals surface area contributed by atoms with Gasteiger partial charge in [-0.3, -0.25) is 19.3 Å². The van der Waals surface area contributed by atoms with Gasteiger partial charge in [0.25, 0.3) is 0 Å². The lowest BCUT2D eigenvalue weighted by Crippen LogP contribution is -2.46. The zero-order valence-corrected chi connectivity index (χ0v) is 17.3. The lowest BCUT2D eigenvalue weighted by Gasteiger charge is -2.37. The molecular formula is C24H22N2O3S. The van der Waals surface area contributed by atoms with Crippen molar-refractivity contribution in [3.63, 3.8) is 0 Å². The van der Waals surface area contributed by atoms with E-state index in [0.29, 0.717) is 12.8 Å². The van der Waals surface area contributed by atoms with Gasteiger partial charge >= 0.3 is 0 Å². The SMILES string of the molecule is O=C1[C@H]2CC=CC[C@H]2C(=O)N1CC(=O)N1c2ccccc2SC[C@@H]1c1ccccc1. The molecule has 3 atom stereocenters. The zero-order valence-electron chi connectivity index (χ0n) is 16.4. The molecule has 3 amide bonds. The number of carbonyl (C=O) groups excluding carboxylic acids is 3. The molecule has 0 unspecified atom stereocenters. The van der Waals surface area contributed by atoms with Gasteiger partial charge in [0.2, 0.25) is 17.7 Å². The van der Waals surface area contributed by atoms with E-state index in [0.717, 1.165) is 21.9 Å². The average Bonchev–Trinajstić information content (AvgIpc) is 3.04. The van der Waals surface area contributed by atoms with E-state index in [1.807, 2.05) is 66.7 Å². The number of nitrogens with zero attached hydrogens (tertiary/aromatic N) is 2. The zero-order chi connectivity index (χ0) is 20.7. The van der Waals surface area contributed by atoms with Gasteiger partial charge in [0.15, 0.2) is 0 Å². The molecule has 2 heterocycles. The Bertz CT molecular complexity index is 1010. The number of amides is 3. The highest BCUT2D eigenvalue weighted by atomic mass is 32.2. The number of imide groups is 1. The first-order valence-corrected chi connectivity index (χ1v) is 11.2. The van der Waals surface area contributed by atoms with Crippen LogP contribution in [0.15, 0.2) is 71.6 Å². The van der Waals surface area contributed by atoms with Crippen LogP contribution in [-0.2, 0) is 14.4 Å². The standard InChI is InChI=1S/C24H22N2O3S/c27-22(14-25-23(28)17-10-4-5-11-18(17)24(25)29)26-19-12-6-7-13-21(19)30-15-20(26)16-8-2-1-3-9-16/h1-9,12-13,17-18,20H,10-11,14-15H2/t17-,18+,20-/m1/s1. The molecule has 5 rings (SSSR count). The maximum absolute atomic E-state index is 13.6. The Hall–Kier alpha value is -2.86. The topological polar surface area (TPSA) is 57.7 Å². The van der Waals surface area contributed by atoms with Gasteiger partial charge < -0.3 is 4.90 Å². The van der Waals surface area contributed by atoms with E-state index in [1.54, 1.807) is 16.7 Å². The molecule has 152 valence electrons. The summed E-state index contributed by atoms with van der Waals surface area (Å²) in [6, 6.07) is 17.6. The van der Waals surface area contributed by atoms with Gasteiger partial charge in [-0.25, -0.2) is 0 Å². The minimum atomic E-state index is -0.315. The summed E-state index contributed by atoms with van der Waals surface area (Å²) in [6.45, 7) is -0.201. The van der Waals surface area contributed by atoms with E-state index in [-0.39, 0.29) is 42.1 Å². The second-order valence-corrected chi connectivity index (χ2v) is 8.95. The number of anilines is 1. The molecular weight excluding hydrogens is 396 g/mol. The van der Waals surface area contributed by atoms with Gasteiger partial charge in [0, 0.05) is 10.6 Å². The number of para-hydroxylation sites is 1. The fraction of sp³-hybridized carbons (Fsp3) is 0.292. The smallest absolute Gasteiger partial charge is 0.247 e. The summed E-state index contributed by atoms with van der Waals surface area (Å²) in [7, 11) is 0. The molecule has 0 spiro atoms. The van der Waals surface area contributed by atoms with Crippen molar-refractivity contribution < 1.29 is 14.4 Å². The van der Waals surface area contributed by atoms with Crippen LogP contribution in [-0.4, -0.2) is 34.9 Å². The minimum Gasteiger partial charge on any atom is -0.301 e. The van der Waals surface area contributed by atoms with E-state index < -0.39 is 0 Å². The highest BCUT2D eigenvalue weighted by Gasteiger charge is 2.48. The fourth-order valence-corrected chi connectivity index (χ4v) is 5.82. The Morgan fingerprint density at radius 2 is 1.53 bits per heavy atom. The molecule has 3 aliphatic rings. The fourth-order valence-electron chi connectivity index (χ4n) is 4.65. The third-order valence-electron chi connectivity index (χ3n) is 6.18. The van der Waals surface area contributed by atoms with Gasteiger partial charge in [-0.15, -0.1) is 11.8 Å². The monoisotopic (exact) mass is 418 g/mol. The van der Waals surface area contributed by atoms with Crippen molar-refractivity contribution in [2.45, 2.75) is 23.8 Å². The maximum Gasteiger partial charge on any atom is 0.247 e. The van der Waals surface area contributed by atoms with E-state index in [4.69, 9.17) is 0 Å². The van der Waals surface area contributed by atoms with Crippen LogP contribution >= 0.6 is 11.8 Å². The summed E-state index contributed by atoms with van der Waals surface area (Å²) in [5.41, 5.74) is 1.88. The molecule has 0 radical (unpaired) electrons. The van der Waals surface area contributed by atoms with Gasteiger partial charge in [-0.1, -0.05) is 54.6 Å². The number of hydrogen-bond donors (Lipinski definition) is 0. The quantitative estimate of drug-likeness (QED) is 0.562. The predicted molar refractivity (Wildman–Crippen MR) is 116 cm³/mol. The Morgan fingerprint density at radius 1 is 0.900 bits per heavy atom. The second kappa shape index (κ2) is 7.76. The number of likely N-dealkylation sites (tertiary alicyclic amines) is 1. The number of thioether (sulfide) groups is 1. The van der Waals surface area contributed by atoms with Crippen LogP contribution in [0.25, 0.3) is 0 Å². The summed E-state index contributed by atoms with van der Waals surface area (Å²) in [4.78, 5) is 43.3. The molecule has 1 fully saturated rings. The predicted octanol–water partition coefficient (Wildman–Crippen LogP) is 3.82. The van der Waals surface area contributed by atoms with Crippen LogP contribution in [0.4, 0.5) is 5.69 Å². The van der Waals surface area contributed by atoms with Crippen LogP contribution in [0.3, 0.4) is 0 Å². The number of hydrogen-bond acceptors (Lipinski definition) is 4. The Kier molecular flexibility index (Phi) is 4.95. The molecule has 0 aromatic heterocycles. The van der Waals surface area contributed by atoms with Crippen molar-refractivity contribution in [2.24, 2.45) is 11.8 Å². The molecule has 5 nitrogen and oxygen atoms in total. The van der Waals surface area contributed by atoms with Gasteiger partial charge in [0.05, 0.1) is 23.6 Å². The molecule has 0 saturated carbocycles. The van der Waals surface area contributed by atoms with Crippen molar-refractivity contribution in [1.29, 1.82) is 0 Å². The molecule has 2 aromatic carbocycles. The molecule has 0 N–H and O–H groups in total. The lowest BCUT2D eigenvalue weighted by molar-refractivity contribution is -0.143. The Balaban J connectivity index is 1.46. The molecule has 0 bridgehead atoms. The van der Waals surface area contributed by atoms with Crippen molar-refractivity contribution in [2.75, 3.05) is 17.2 Å². The molecule has 2 aromatic rings. The Labute approximate surface area is 179 Å². The van der Waals surface area contributed by atoms with Crippen LogP contribution in [0.5, 0.6) is 0 Å². The van der Waals surface area contributed by atoms with Crippen molar-refractivity contribution in [3.8, 4) is 0 Å². The van der Waals surface area contributed by atoms with Gasteiger partial charge in [-0.05, 0) is 30.5 Å². The largest absolute Gasteiger partial charge is 0.301 e. The van der Waals surface area contributed by atoms with Crippen LogP contribution < -0.4 is 4.90 Å². The highest BCUT2D eigenvalue weighted by Crippen LogP contribution is 2.43. The molecule has 6 heteroatoms. The summed E-state index contributed by atoms with van der Waals surface area (Å²) in [6.07, 6.45) is 5.08. The summed E-state index contributed by atoms with van der Waals surface area (Å²) < 4.78 is 0. The summed E-state index contributed by atoms with van der Waals surface area (Å²) in [5.74, 6) is -0.542. The second-order valence-electron chi connectivity index (χ2n) is 7.89. The van der Waals surface area contributed by atoms with Crippen molar-refractivity contribution in [1.82, 2.24) is 4.90 Å². The maximum atomic E-state index is 13.6. The van der Waals surface area contributed by atoms with Gasteiger partial charge in [0.1, 0.15) is 6.54 Å². The van der Waals surface area contributed by atoms with Gasteiger partial charge in [-0.2, -0.15) is 0 Å². The van der Waals surface area contributed by atoms with Crippen molar-refractivity contribution >= 4 is 35.2 Å². The number of fused-ring (bicyclic) bond motifs is 2. The number of rotatable bonds is 3. The number of allylic oxidation sites excluding steroid dienone is 2. The van der Waals surface area contributed by atoms with Crippen LogP contribution in [0.1, 0.15) is 24.4 Å². The van der Waals surface area contributed by atoms with Crippen LogP contribution in [0.2, 0.25) is 0 Å². The molecule has 1 saturated heterocycles. The first kappa shape index (κ1) is 19.1. The lowest BCUT2D eigenvalue weighted by atomic mass is 9.85. The molecule has 2 aliphatic heterocycles. The summed E-state index contributed by atoms with van der Waals surface area (Å²) in [5, 5.41) is 0. The minimum absolute atomic E-state index is 0.143. The van der Waals surface area contributed by atoms with E-state index >= 15 is 0 Å². The van der Waals surface area contributed by atoms with E-state index in [2.05, 4.69) is 0 Å². The molecule has 30 heavy (non-hydrogen) atoms. The van der Waals surface area contributed by atoms with E-state index in [1.165, 1.54) is 4.90 Å². The van der Waals surface area contributed by atoms with E-state index in [9.17, 15) is 14.4 Å². The number of carbonyl (C=O) groups is 3. The van der Waals surface area contributed by atoms with Crippen LogP contribution in [0, 0.1) is 11.8 Å². The summed E-state index contributed by atoms with van der Waals surface area (Å²) >= 11 is 1.72. The average molecular weight is 419 g/mol. The first-order valence-electron chi connectivity index (χ1n) is 10.2. The first-order chi connectivity index (χ1) is 14.6. The highest BCUT2D eigenvalue weighted by molar-refractivity contribution is 7.99. The van der Waals surface area contributed by atoms with Crippen molar-refractivity contribution in [3.05, 3.63) is 72.3 Å². The number of benzene rings is 2. The Morgan fingerprint density at radius 3 is 2.23 bits per heavy atom.